The second-order valence-corrected chi connectivity index (χ2v) is 3.72. The zero-order valence-corrected chi connectivity index (χ0v) is 8.91. The highest BCUT2D eigenvalue weighted by Gasteiger charge is 1.96. The highest BCUT2D eigenvalue weighted by Crippen LogP contribution is 2.08. The maximum absolute atomic E-state index is 10.3. The summed E-state index contributed by atoms with van der Waals surface area (Å²) >= 11 is 0. The summed E-state index contributed by atoms with van der Waals surface area (Å²) in [4.78, 5) is 10.3. The van der Waals surface area contributed by atoms with Gasteiger partial charge >= 0.3 is 5.97 Å². The van der Waals surface area contributed by atoms with Crippen molar-refractivity contribution in [3.8, 4) is 0 Å². The highest BCUT2D eigenvalue weighted by atomic mass is 16.4. The van der Waals surface area contributed by atoms with Crippen LogP contribution in [0, 0.1) is 6.07 Å². The van der Waals surface area contributed by atoms with Gasteiger partial charge in [0.25, 0.3) is 0 Å². The Balaban J connectivity index is 2.00. The Labute approximate surface area is 90.9 Å². The summed E-state index contributed by atoms with van der Waals surface area (Å²) < 4.78 is 0. The first-order chi connectivity index (χ1) is 7.29. The van der Waals surface area contributed by atoms with E-state index < -0.39 is 5.97 Å². The molecule has 1 radical (unpaired) electrons. The molecule has 0 fully saturated rings. The summed E-state index contributed by atoms with van der Waals surface area (Å²) in [5, 5.41) is 8.44. The Morgan fingerprint density at radius 1 is 1.13 bits per heavy atom. The Kier molecular flexibility index (Phi) is 5.52. The van der Waals surface area contributed by atoms with Gasteiger partial charge in [-0.2, -0.15) is 0 Å². The Morgan fingerprint density at radius 3 is 2.47 bits per heavy atom. The molecule has 0 saturated carbocycles. The van der Waals surface area contributed by atoms with Crippen molar-refractivity contribution in [2.75, 3.05) is 0 Å². The first-order valence-electron chi connectivity index (χ1n) is 5.46. The molecule has 81 valence electrons. The van der Waals surface area contributed by atoms with Crippen LogP contribution in [0.2, 0.25) is 0 Å². The van der Waals surface area contributed by atoms with E-state index in [1.807, 2.05) is 12.1 Å². The van der Waals surface area contributed by atoms with Crippen molar-refractivity contribution in [3.05, 3.63) is 35.9 Å². The van der Waals surface area contributed by atoms with Crippen LogP contribution in [0.4, 0.5) is 0 Å². The van der Waals surface area contributed by atoms with Gasteiger partial charge in [-0.3, -0.25) is 4.79 Å². The number of carboxylic acid groups (broad SMARTS) is 1. The SMILES string of the molecule is O=C(O)CCCCCCc1cc[c]cc1. The molecule has 0 spiro atoms. The monoisotopic (exact) mass is 205 g/mol. The van der Waals surface area contributed by atoms with Crippen LogP contribution >= 0.6 is 0 Å². The predicted octanol–water partition coefficient (Wildman–Crippen LogP) is 3.06. The lowest BCUT2D eigenvalue weighted by atomic mass is 10.1. The highest BCUT2D eigenvalue weighted by molar-refractivity contribution is 5.66. The fourth-order valence-electron chi connectivity index (χ4n) is 1.55. The van der Waals surface area contributed by atoms with Crippen molar-refractivity contribution in [2.45, 2.75) is 38.5 Å². The van der Waals surface area contributed by atoms with Crippen molar-refractivity contribution < 1.29 is 9.90 Å². The van der Waals surface area contributed by atoms with Crippen LogP contribution in [0.25, 0.3) is 0 Å². The van der Waals surface area contributed by atoms with Crippen LogP contribution in [0.1, 0.15) is 37.7 Å². The maximum Gasteiger partial charge on any atom is 0.303 e. The molecule has 2 nitrogen and oxygen atoms in total. The number of hydrogen-bond donors (Lipinski definition) is 1. The van der Waals surface area contributed by atoms with E-state index in [4.69, 9.17) is 5.11 Å². The molecule has 1 rings (SSSR count). The van der Waals surface area contributed by atoms with Crippen molar-refractivity contribution >= 4 is 5.97 Å². The van der Waals surface area contributed by atoms with E-state index in [9.17, 15) is 4.79 Å². The third kappa shape index (κ3) is 5.89. The van der Waals surface area contributed by atoms with Crippen molar-refractivity contribution in [3.63, 3.8) is 0 Å². The number of carboxylic acids is 1. The van der Waals surface area contributed by atoms with E-state index in [0.29, 0.717) is 6.42 Å². The number of carbonyl (C=O) groups is 1. The zero-order chi connectivity index (χ0) is 10.9. The van der Waals surface area contributed by atoms with E-state index in [0.717, 1.165) is 32.1 Å². The second kappa shape index (κ2) is 7.04. The minimum Gasteiger partial charge on any atom is -0.481 e. The number of hydrogen-bond acceptors (Lipinski definition) is 1. The quantitative estimate of drug-likeness (QED) is 0.694. The van der Waals surface area contributed by atoms with Gasteiger partial charge in [-0.1, -0.05) is 37.1 Å². The van der Waals surface area contributed by atoms with Crippen molar-refractivity contribution in [2.24, 2.45) is 0 Å². The van der Waals surface area contributed by atoms with E-state index in [-0.39, 0.29) is 0 Å². The third-order valence-corrected chi connectivity index (χ3v) is 2.39. The minimum atomic E-state index is -0.686. The number of rotatable bonds is 7. The topological polar surface area (TPSA) is 37.3 Å². The van der Waals surface area contributed by atoms with Gasteiger partial charge in [-0.05, 0) is 30.9 Å². The lowest BCUT2D eigenvalue weighted by molar-refractivity contribution is -0.137. The van der Waals surface area contributed by atoms with Gasteiger partial charge in [0.2, 0.25) is 0 Å². The van der Waals surface area contributed by atoms with Crippen molar-refractivity contribution in [1.29, 1.82) is 0 Å². The minimum absolute atomic E-state index is 0.306. The molecule has 0 aliphatic rings. The molecule has 2 heteroatoms. The third-order valence-electron chi connectivity index (χ3n) is 2.39. The molecule has 0 heterocycles. The normalized spacial score (nSPS) is 10.1. The van der Waals surface area contributed by atoms with Crippen LogP contribution in [0.3, 0.4) is 0 Å². The number of aryl methyl sites for hydroxylation is 1. The summed E-state index contributed by atoms with van der Waals surface area (Å²) in [6.07, 6.45) is 5.47. The van der Waals surface area contributed by atoms with Gasteiger partial charge in [-0.15, -0.1) is 0 Å². The number of unbranched alkanes of at least 4 members (excludes halogenated alkanes) is 3. The molecular weight excluding hydrogens is 188 g/mol. The number of benzene rings is 1. The summed E-state index contributed by atoms with van der Waals surface area (Å²) in [6.45, 7) is 0. The largest absolute Gasteiger partial charge is 0.481 e. The van der Waals surface area contributed by atoms with Crippen LogP contribution in [0.15, 0.2) is 24.3 Å². The smallest absolute Gasteiger partial charge is 0.303 e. The fourth-order valence-corrected chi connectivity index (χ4v) is 1.55. The molecule has 0 aliphatic carbocycles. The van der Waals surface area contributed by atoms with E-state index in [1.165, 1.54) is 5.56 Å². The van der Waals surface area contributed by atoms with Crippen LogP contribution in [-0.2, 0) is 11.2 Å². The second-order valence-electron chi connectivity index (χ2n) is 3.72. The molecule has 15 heavy (non-hydrogen) atoms. The number of aliphatic carboxylic acids is 1. The van der Waals surface area contributed by atoms with Crippen LogP contribution < -0.4 is 0 Å². The molecule has 0 aliphatic heterocycles. The van der Waals surface area contributed by atoms with Gasteiger partial charge < -0.3 is 5.11 Å². The fraction of sp³-hybridized carbons (Fsp3) is 0.462. The summed E-state index contributed by atoms with van der Waals surface area (Å²) in [5.74, 6) is -0.686. The molecule has 0 aromatic heterocycles. The van der Waals surface area contributed by atoms with Crippen molar-refractivity contribution in [1.82, 2.24) is 0 Å². The first kappa shape index (κ1) is 11.8. The van der Waals surface area contributed by atoms with Gasteiger partial charge in [0.1, 0.15) is 0 Å². The predicted molar refractivity (Wildman–Crippen MR) is 59.7 cm³/mol. The molecule has 1 N–H and O–H groups in total. The van der Waals surface area contributed by atoms with Gasteiger partial charge in [0.05, 0.1) is 0 Å². The Morgan fingerprint density at radius 2 is 1.80 bits per heavy atom. The summed E-state index contributed by atoms with van der Waals surface area (Å²) in [5.41, 5.74) is 1.34. The average molecular weight is 205 g/mol. The van der Waals surface area contributed by atoms with Gasteiger partial charge in [0, 0.05) is 6.42 Å². The van der Waals surface area contributed by atoms with Gasteiger partial charge in [0.15, 0.2) is 0 Å². The average Bonchev–Trinajstić information content (AvgIpc) is 2.24. The molecule has 1 aromatic carbocycles. The summed E-state index contributed by atoms with van der Waals surface area (Å²) in [7, 11) is 0. The molecule has 0 bridgehead atoms. The first-order valence-corrected chi connectivity index (χ1v) is 5.46. The Bertz CT molecular complexity index is 280. The Hall–Kier alpha value is -1.31. The van der Waals surface area contributed by atoms with Gasteiger partial charge in [-0.25, -0.2) is 0 Å². The molecule has 0 amide bonds. The van der Waals surface area contributed by atoms with Crippen LogP contribution in [0.5, 0.6) is 0 Å². The molecule has 0 saturated heterocycles. The molecule has 1 aromatic rings. The lowest BCUT2D eigenvalue weighted by Gasteiger charge is -2.00. The molecule has 0 unspecified atom stereocenters. The molecular formula is C13H17O2. The van der Waals surface area contributed by atoms with E-state index in [2.05, 4.69) is 18.2 Å². The lowest BCUT2D eigenvalue weighted by Crippen LogP contribution is -1.93. The van der Waals surface area contributed by atoms with E-state index in [1.54, 1.807) is 0 Å². The molecule has 0 atom stereocenters. The standard InChI is InChI=1S/C13H17O2/c14-13(15)11-7-2-1-4-8-12-9-5-3-6-10-12/h5-6,9-10H,1-2,4,7-8,11H2,(H,14,15). The zero-order valence-electron chi connectivity index (χ0n) is 8.91. The maximum atomic E-state index is 10.3. The summed E-state index contributed by atoms with van der Waals surface area (Å²) in [6, 6.07) is 11.0. The van der Waals surface area contributed by atoms with Crippen LogP contribution in [-0.4, -0.2) is 11.1 Å². The van der Waals surface area contributed by atoms with E-state index >= 15 is 0 Å².